The molecule has 1 saturated heterocycles. The molecule has 0 amide bonds. The van der Waals surface area contributed by atoms with Crippen LogP contribution in [0.15, 0.2) is 24.8 Å². The van der Waals surface area contributed by atoms with Crippen molar-refractivity contribution < 1.29 is 9.47 Å². The van der Waals surface area contributed by atoms with Gasteiger partial charge < -0.3 is 14.0 Å². The molecule has 1 fully saturated rings. The Bertz CT molecular complexity index is 660. The highest BCUT2D eigenvalue weighted by atomic mass is 16.7. The maximum atomic E-state index is 6.13. The van der Waals surface area contributed by atoms with Crippen LogP contribution in [0.3, 0.4) is 0 Å². The highest BCUT2D eigenvalue weighted by molar-refractivity contribution is 5.44. The first-order valence-corrected chi connectivity index (χ1v) is 8.81. The molecule has 130 valence electrons. The molecular weight excluding hydrogens is 300 g/mol. The lowest BCUT2D eigenvalue weighted by molar-refractivity contribution is -0.276. The third-order valence-corrected chi connectivity index (χ3v) is 5.28. The summed E-state index contributed by atoms with van der Waals surface area (Å²) in [6, 6.07) is 2.28. The van der Waals surface area contributed by atoms with E-state index < -0.39 is 5.79 Å². The van der Waals surface area contributed by atoms with Gasteiger partial charge in [0.25, 0.3) is 0 Å². The number of ether oxygens (including phenoxy) is 2. The zero-order valence-corrected chi connectivity index (χ0v) is 15.3. The van der Waals surface area contributed by atoms with Crippen LogP contribution in [-0.2, 0) is 22.4 Å². The molecule has 2 heterocycles. The van der Waals surface area contributed by atoms with Gasteiger partial charge in [0.2, 0.25) is 0 Å². The first-order chi connectivity index (χ1) is 11.5. The van der Waals surface area contributed by atoms with E-state index in [-0.39, 0.29) is 0 Å². The topological polar surface area (TPSA) is 36.3 Å². The van der Waals surface area contributed by atoms with Crippen LogP contribution in [0, 0.1) is 27.7 Å². The number of imidazole rings is 1. The van der Waals surface area contributed by atoms with E-state index in [0.717, 1.165) is 32.5 Å². The first kappa shape index (κ1) is 17.2. The number of nitrogens with zero attached hydrogens (tertiary/aromatic N) is 2. The lowest BCUT2D eigenvalue weighted by Gasteiger charge is -2.38. The van der Waals surface area contributed by atoms with Gasteiger partial charge in [-0.05, 0) is 68.4 Å². The molecular formula is C20H28N2O2. The van der Waals surface area contributed by atoms with Crippen molar-refractivity contribution in [3.8, 4) is 0 Å². The number of hydrogen-bond acceptors (Lipinski definition) is 3. The predicted molar refractivity (Wildman–Crippen MR) is 95.2 cm³/mol. The molecule has 4 heteroatoms. The summed E-state index contributed by atoms with van der Waals surface area (Å²) in [5.74, 6) is -0.546. The Morgan fingerprint density at radius 3 is 2.33 bits per heavy atom. The third kappa shape index (κ3) is 3.55. The van der Waals surface area contributed by atoms with Gasteiger partial charge in [0.15, 0.2) is 5.79 Å². The van der Waals surface area contributed by atoms with E-state index in [1.165, 1.54) is 27.8 Å². The zero-order valence-electron chi connectivity index (χ0n) is 15.3. The molecule has 0 aliphatic carbocycles. The predicted octanol–water partition coefficient (Wildman–Crippen LogP) is 3.88. The van der Waals surface area contributed by atoms with Crippen LogP contribution in [0.4, 0.5) is 0 Å². The van der Waals surface area contributed by atoms with Crippen molar-refractivity contribution in [2.45, 2.75) is 59.3 Å². The number of rotatable bonds is 5. The van der Waals surface area contributed by atoms with Crippen molar-refractivity contribution in [1.29, 1.82) is 0 Å². The van der Waals surface area contributed by atoms with E-state index >= 15 is 0 Å². The summed E-state index contributed by atoms with van der Waals surface area (Å²) in [6.45, 7) is 11.1. The first-order valence-electron chi connectivity index (χ1n) is 8.81. The molecule has 2 aromatic rings. The fraction of sp³-hybridized carbons (Fsp3) is 0.550. The van der Waals surface area contributed by atoms with Crippen LogP contribution in [-0.4, -0.2) is 28.6 Å². The Balaban J connectivity index is 1.82. The number of benzene rings is 1. The molecule has 24 heavy (non-hydrogen) atoms. The molecule has 0 bridgehead atoms. The molecule has 0 atom stereocenters. The van der Waals surface area contributed by atoms with Gasteiger partial charge in [-0.1, -0.05) is 6.07 Å². The van der Waals surface area contributed by atoms with Gasteiger partial charge in [0.1, 0.15) is 0 Å². The van der Waals surface area contributed by atoms with Crippen molar-refractivity contribution in [2.24, 2.45) is 0 Å². The van der Waals surface area contributed by atoms with E-state index in [1.807, 2.05) is 17.1 Å². The van der Waals surface area contributed by atoms with Crippen molar-refractivity contribution >= 4 is 0 Å². The van der Waals surface area contributed by atoms with Crippen LogP contribution in [0.1, 0.15) is 40.7 Å². The summed E-state index contributed by atoms with van der Waals surface area (Å²) in [4.78, 5) is 4.14. The van der Waals surface area contributed by atoms with E-state index in [0.29, 0.717) is 6.54 Å². The van der Waals surface area contributed by atoms with Crippen LogP contribution in [0.25, 0.3) is 0 Å². The molecule has 0 spiro atoms. The van der Waals surface area contributed by atoms with E-state index in [2.05, 4.69) is 38.7 Å². The number of aromatic nitrogens is 2. The Morgan fingerprint density at radius 1 is 1.08 bits per heavy atom. The monoisotopic (exact) mass is 328 g/mol. The Kier molecular flexibility index (Phi) is 5.07. The molecule has 0 unspecified atom stereocenters. The fourth-order valence-electron chi connectivity index (χ4n) is 3.58. The van der Waals surface area contributed by atoms with Crippen molar-refractivity contribution in [2.75, 3.05) is 13.2 Å². The quantitative estimate of drug-likeness (QED) is 0.835. The normalized spacial score (nSPS) is 17.2. The van der Waals surface area contributed by atoms with Crippen molar-refractivity contribution in [3.05, 3.63) is 52.6 Å². The number of aryl methyl sites for hydroxylation is 2. The molecule has 1 aromatic carbocycles. The highest BCUT2D eigenvalue weighted by Gasteiger charge is 2.35. The molecule has 0 N–H and O–H groups in total. The van der Waals surface area contributed by atoms with E-state index in [1.54, 1.807) is 6.20 Å². The fourth-order valence-corrected chi connectivity index (χ4v) is 3.58. The summed E-state index contributed by atoms with van der Waals surface area (Å²) >= 11 is 0. The van der Waals surface area contributed by atoms with Gasteiger partial charge in [0.05, 0.1) is 26.1 Å². The summed E-state index contributed by atoms with van der Waals surface area (Å²) < 4.78 is 14.3. The minimum absolute atomic E-state index is 0.546. The van der Waals surface area contributed by atoms with Gasteiger partial charge in [-0.2, -0.15) is 0 Å². The van der Waals surface area contributed by atoms with Gasteiger partial charge >= 0.3 is 0 Å². The molecule has 1 aromatic heterocycles. The maximum Gasteiger partial charge on any atom is 0.186 e. The Morgan fingerprint density at radius 2 is 1.75 bits per heavy atom. The maximum absolute atomic E-state index is 6.13. The summed E-state index contributed by atoms with van der Waals surface area (Å²) in [5.41, 5.74) is 6.96. The Labute approximate surface area is 144 Å². The molecule has 0 radical (unpaired) electrons. The summed E-state index contributed by atoms with van der Waals surface area (Å²) in [6.07, 6.45) is 8.39. The zero-order chi connectivity index (χ0) is 17.2. The highest BCUT2D eigenvalue weighted by Crippen LogP contribution is 2.30. The SMILES string of the molecule is Cc1cc(C)c(C)c(CCC2(Cn3ccnc3)OCCCO2)c1C. The summed E-state index contributed by atoms with van der Waals surface area (Å²) in [5, 5.41) is 0. The van der Waals surface area contributed by atoms with Gasteiger partial charge in [-0.25, -0.2) is 4.98 Å². The number of hydrogen-bond donors (Lipinski definition) is 0. The average Bonchev–Trinajstić information content (AvgIpc) is 3.06. The van der Waals surface area contributed by atoms with Crippen LogP contribution in [0.2, 0.25) is 0 Å². The second-order valence-corrected chi connectivity index (χ2v) is 6.94. The molecule has 3 rings (SSSR count). The standard InChI is InChI=1S/C20H28N2O2/c1-15-12-16(2)18(4)19(17(15)3)6-7-20(23-10-5-11-24-20)13-22-9-8-21-14-22/h8-9,12,14H,5-7,10-11,13H2,1-4H3. The van der Waals surface area contributed by atoms with Gasteiger partial charge in [0, 0.05) is 18.8 Å². The minimum atomic E-state index is -0.546. The molecule has 4 nitrogen and oxygen atoms in total. The average molecular weight is 328 g/mol. The third-order valence-electron chi connectivity index (χ3n) is 5.28. The van der Waals surface area contributed by atoms with Crippen molar-refractivity contribution in [3.63, 3.8) is 0 Å². The van der Waals surface area contributed by atoms with Gasteiger partial charge in [-0.3, -0.25) is 0 Å². The van der Waals surface area contributed by atoms with Crippen LogP contribution < -0.4 is 0 Å². The summed E-state index contributed by atoms with van der Waals surface area (Å²) in [7, 11) is 0. The van der Waals surface area contributed by atoms with E-state index in [9.17, 15) is 0 Å². The lowest BCUT2D eigenvalue weighted by Crippen LogP contribution is -2.44. The molecule has 0 saturated carbocycles. The second-order valence-electron chi connectivity index (χ2n) is 6.94. The molecule has 1 aliphatic rings. The smallest absolute Gasteiger partial charge is 0.186 e. The second kappa shape index (κ2) is 7.08. The van der Waals surface area contributed by atoms with Gasteiger partial charge in [-0.15, -0.1) is 0 Å². The largest absolute Gasteiger partial charge is 0.348 e. The van der Waals surface area contributed by atoms with Crippen molar-refractivity contribution in [1.82, 2.24) is 9.55 Å². The Hall–Kier alpha value is -1.65. The van der Waals surface area contributed by atoms with Crippen LogP contribution >= 0.6 is 0 Å². The minimum Gasteiger partial charge on any atom is -0.348 e. The van der Waals surface area contributed by atoms with Crippen LogP contribution in [0.5, 0.6) is 0 Å². The lowest BCUT2D eigenvalue weighted by atomic mass is 9.90. The molecule has 1 aliphatic heterocycles. The van der Waals surface area contributed by atoms with E-state index in [4.69, 9.17) is 9.47 Å².